The maximum Gasteiger partial charge on any atom is 0.258 e. The van der Waals surface area contributed by atoms with Crippen LogP contribution in [0.4, 0.5) is 11.4 Å². The molecule has 1 atom stereocenters. The Balaban J connectivity index is 1.42. The van der Waals surface area contributed by atoms with Crippen LogP contribution in [0.1, 0.15) is 36.5 Å². The van der Waals surface area contributed by atoms with Crippen molar-refractivity contribution in [2.75, 3.05) is 34.3 Å². The number of aromatic amines is 1. The normalized spacial score (nSPS) is 14.8. The van der Waals surface area contributed by atoms with Gasteiger partial charge in [0.2, 0.25) is 5.91 Å². The van der Waals surface area contributed by atoms with Crippen molar-refractivity contribution in [1.82, 2.24) is 10.3 Å². The lowest BCUT2D eigenvalue weighted by Gasteiger charge is -2.23. The first-order valence-electron chi connectivity index (χ1n) is 13.4. The molecule has 0 spiro atoms. The number of benzene rings is 3. The first-order valence-corrected chi connectivity index (χ1v) is 14.9. The van der Waals surface area contributed by atoms with Gasteiger partial charge in [-0.1, -0.05) is 40.8 Å². The van der Waals surface area contributed by atoms with Gasteiger partial charge in [-0.2, -0.15) is 0 Å². The molecular formula is C31H33IN4O3. The molecule has 0 radical (unpaired) electrons. The van der Waals surface area contributed by atoms with Crippen LogP contribution in [-0.2, 0) is 4.79 Å². The minimum absolute atomic E-state index is 0.0538. The van der Waals surface area contributed by atoms with E-state index < -0.39 is 0 Å². The molecule has 7 nitrogen and oxygen atoms in total. The molecule has 5 rings (SSSR count). The molecule has 2 heterocycles. The monoisotopic (exact) mass is 636 g/mol. The third-order valence-electron chi connectivity index (χ3n) is 6.94. The van der Waals surface area contributed by atoms with E-state index in [0.29, 0.717) is 43.9 Å². The van der Waals surface area contributed by atoms with Crippen LogP contribution in [0.15, 0.2) is 72.9 Å². The van der Waals surface area contributed by atoms with Crippen LogP contribution in [-0.4, -0.2) is 47.0 Å². The van der Waals surface area contributed by atoms with E-state index >= 15 is 0 Å². The second-order valence-electron chi connectivity index (χ2n) is 9.79. The molecule has 8 heteroatoms. The van der Waals surface area contributed by atoms with Gasteiger partial charge in [-0.25, -0.2) is 0 Å². The Kier molecular flexibility index (Phi) is 8.71. The maximum absolute atomic E-state index is 13.9. The third kappa shape index (κ3) is 6.38. The van der Waals surface area contributed by atoms with Crippen LogP contribution in [0.25, 0.3) is 22.0 Å². The van der Waals surface area contributed by atoms with E-state index in [4.69, 9.17) is 4.74 Å². The highest BCUT2D eigenvalue weighted by Crippen LogP contribution is 2.35. The van der Waals surface area contributed by atoms with Gasteiger partial charge in [0.15, 0.2) is 0 Å². The highest BCUT2D eigenvalue weighted by atomic mass is 127. The lowest BCUT2D eigenvalue weighted by atomic mass is 10.0. The molecule has 1 aromatic heterocycles. The molecule has 202 valence electrons. The van der Waals surface area contributed by atoms with Crippen LogP contribution in [0.5, 0.6) is 5.75 Å². The lowest BCUT2D eigenvalue weighted by molar-refractivity contribution is -0.120. The molecule has 0 aliphatic carbocycles. The van der Waals surface area contributed by atoms with Crippen LogP contribution in [0, 0.1) is 0 Å². The number of hydrogen-bond donors (Lipinski definition) is 3. The molecule has 1 aliphatic rings. The smallest absolute Gasteiger partial charge is 0.258 e. The highest BCUT2D eigenvalue weighted by molar-refractivity contribution is 14.1. The molecule has 2 amide bonds. The standard InChI is InChI=1S/C31H33IN4O3/c1-21-13-17-36(28-6-3-2-5-27(28)35-21)31(38)24-7-9-25(22-8-10-26-23(19-22)12-16-33-26)29(20-24)39-18-4-15-34-30(37)11-14-32/h2-3,5-10,12,16,19-21,33,35H,4,11,13-15,17-18H2,1H3,(H,34,37)/t21-/m0/s1. The van der Waals surface area contributed by atoms with Crippen molar-refractivity contribution in [1.29, 1.82) is 0 Å². The Morgan fingerprint density at radius 3 is 2.85 bits per heavy atom. The largest absolute Gasteiger partial charge is 0.493 e. The average molecular weight is 637 g/mol. The van der Waals surface area contributed by atoms with Gasteiger partial charge in [0.05, 0.1) is 18.0 Å². The fraction of sp³-hybridized carbons (Fsp3) is 0.290. The SMILES string of the molecule is C[C@H]1CCN(C(=O)c2ccc(-c3ccc4[nH]ccc4c3)c(OCCCNC(=O)CCI)c2)c2ccccc2N1. The number of nitrogens with zero attached hydrogens (tertiary/aromatic N) is 1. The molecule has 0 saturated carbocycles. The zero-order chi connectivity index (χ0) is 27.2. The van der Waals surface area contributed by atoms with Gasteiger partial charge in [0.1, 0.15) is 5.75 Å². The summed E-state index contributed by atoms with van der Waals surface area (Å²) < 4.78 is 7.07. The average Bonchev–Trinajstić information content (AvgIpc) is 3.34. The number of hydrogen-bond acceptors (Lipinski definition) is 4. The zero-order valence-electron chi connectivity index (χ0n) is 22.0. The summed E-state index contributed by atoms with van der Waals surface area (Å²) in [5.41, 5.74) is 5.45. The van der Waals surface area contributed by atoms with Crippen molar-refractivity contribution < 1.29 is 14.3 Å². The molecule has 3 N–H and O–H groups in total. The number of alkyl halides is 1. The number of H-pyrrole nitrogens is 1. The van der Waals surface area contributed by atoms with E-state index in [9.17, 15) is 9.59 Å². The number of aromatic nitrogens is 1. The minimum atomic E-state index is -0.0538. The summed E-state index contributed by atoms with van der Waals surface area (Å²) in [6.45, 7) is 3.74. The molecular weight excluding hydrogens is 603 g/mol. The summed E-state index contributed by atoms with van der Waals surface area (Å²) in [6, 6.07) is 22.2. The van der Waals surface area contributed by atoms with Crippen molar-refractivity contribution in [2.45, 2.75) is 32.2 Å². The van der Waals surface area contributed by atoms with E-state index in [-0.39, 0.29) is 17.9 Å². The summed E-state index contributed by atoms with van der Waals surface area (Å²) in [4.78, 5) is 30.8. The molecule has 0 bridgehead atoms. The second kappa shape index (κ2) is 12.5. The Morgan fingerprint density at radius 1 is 1.10 bits per heavy atom. The van der Waals surface area contributed by atoms with Crippen LogP contribution in [0.3, 0.4) is 0 Å². The van der Waals surface area contributed by atoms with Gasteiger partial charge in [-0.15, -0.1) is 0 Å². The summed E-state index contributed by atoms with van der Waals surface area (Å²) in [7, 11) is 0. The number of ether oxygens (including phenoxy) is 1. The number of rotatable bonds is 9. The Bertz CT molecular complexity index is 1470. The Labute approximate surface area is 242 Å². The molecule has 1 aliphatic heterocycles. The van der Waals surface area contributed by atoms with Crippen LogP contribution >= 0.6 is 22.6 Å². The summed E-state index contributed by atoms with van der Waals surface area (Å²) >= 11 is 2.20. The summed E-state index contributed by atoms with van der Waals surface area (Å²) in [5, 5.41) is 7.56. The second-order valence-corrected chi connectivity index (χ2v) is 10.9. The number of halogens is 1. The molecule has 3 aromatic carbocycles. The van der Waals surface area contributed by atoms with E-state index in [1.165, 1.54) is 0 Å². The van der Waals surface area contributed by atoms with E-state index in [1.54, 1.807) is 0 Å². The number of nitrogens with one attached hydrogen (secondary N) is 3. The van der Waals surface area contributed by atoms with Gasteiger partial charge in [-0.3, -0.25) is 9.59 Å². The molecule has 0 saturated heterocycles. The Morgan fingerprint density at radius 2 is 1.97 bits per heavy atom. The quantitative estimate of drug-likeness (QED) is 0.113. The van der Waals surface area contributed by atoms with Crippen molar-refractivity contribution in [3.63, 3.8) is 0 Å². The summed E-state index contributed by atoms with van der Waals surface area (Å²) in [6.07, 6.45) is 3.96. The van der Waals surface area contributed by atoms with Crippen LogP contribution < -0.4 is 20.3 Å². The predicted molar refractivity (Wildman–Crippen MR) is 166 cm³/mol. The van der Waals surface area contributed by atoms with Crippen molar-refractivity contribution in [2.24, 2.45) is 0 Å². The molecule has 4 aromatic rings. The van der Waals surface area contributed by atoms with Gasteiger partial charge in [0.25, 0.3) is 5.91 Å². The first kappa shape index (κ1) is 27.1. The fourth-order valence-electron chi connectivity index (χ4n) is 4.87. The predicted octanol–water partition coefficient (Wildman–Crippen LogP) is 6.40. The minimum Gasteiger partial charge on any atom is -0.493 e. The van der Waals surface area contributed by atoms with E-state index in [2.05, 4.69) is 63.3 Å². The number of carbonyl (C=O) groups is 2. The Hall–Kier alpha value is -3.53. The van der Waals surface area contributed by atoms with E-state index in [0.717, 1.165) is 44.3 Å². The van der Waals surface area contributed by atoms with Gasteiger partial charge >= 0.3 is 0 Å². The van der Waals surface area contributed by atoms with Crippen molar-refractivity contribution in [3.8, 4) is 16.9 Å². The molecule has 0 fully saturated rings. The van der Waals surface area contributed by atoms with Crippen molar-refractivity contribution in [3.05, 3.63) is 78.5 Å². The van der Waals surface area contributed by atoms with Gasteiger partial charge in [0, 0.05) is 52.8 Å². The summed E-state index contributed by atoms with van der Waals surface area (Å²) in [5.74, 6) is 0.657. The number of anilines is 2. The van der Waals surface area contributed by atoms with E-state index in [1.807, 2.05) is 59.6 Å². The van der Waals surface area contributed by atoms with Gasteiger partial charge in [-0.05, 0) is 79.2 Å². The number of amides is 2. The first-order chi connectivity index (χ1) is 19.0. The highest BCUT2D eigenvalue weighted by Gasteiger charge is 2.25. The zero-order valence-corrected chi connectivity index (χ0v) is 24.2. The molecule has 39 heavy (non-hydrogen) atoms. The fourth-order valence-corrected chi connectivity index (χ4v) is 5.36. The maximum atomic E-state index is 13.9. The van der Waals surface area contributed by atoms with Gasteiger partial charge < -0.3 is 25.3 Å². The van der Waals surface area contributed by atoms with Crippen LogP contribution in [0.2, 0.25) is 0 Å². The number of fused-ring (bicyclic) bond motifs is 2. The topological polar surface area (TPSA) is 86.5 Å². The number of para-hydroxylation sites is 2. The lowest BCUT2D eigenvalue weighted by Crippen LogP contribution is -2.32. The number of carbonyl (C=O) groups excluding carboxylic acids is 2. The third-order valence-corrected chi connectivity index (χ3v) is 7.48. The molecule has 0 unspecified atom stereocenters. The van der Waals surface area contributed by atoms with Crippen molar-refractivity contribution >= 4 is 56.7 Å².